The van der Waals surface area contributed by atoms with Crippen LogP contribution in [0.3, 0.4) is 0 Å². The van der Waals surface area contributed by atoms with E-state index in [-0.39, 0.29) is 12.1 Å². The number of piperidine rings is 1. The molecule has 2 aliphatic rings. The molecule has 2 amide bonds. The zero-order valence-electron chi connectivity index (χ0n) is 12.6. The average molecular weight is 283 g/mol. The van der Waals surface area contributed by atoms with Gasteiger partial charge in [-0.1, -0.05) is 6.92 Å². The molecule has 0 radical (unpaired) electrons. The second-order valence-electron chi connectivity index (χ2n) is 6.26. The number of aliphatic carboxylic acids is 1. The van der Waals surface area contributed by atoms with Gasteiger partial charge in [-0.25, -0.2) is 9.59 Å². The smallest absolute Gasteiger partial charge is 0.326 e. The van der Waals surface area contributed by atoms with Crippen molar-refractivity contribution >= 4 is 12.0 Å². The lowest BCUT2D eigenvalue weighted by molar-refractivity contribution is -0.144. The van der Waals surface area contributed by atoms with E-state index in [1.54, 1.807) is 4.90 Å². The molecule has 2 rings (SSSR count). The number of likely N-dealkylation sites (N-methyl/N-ethyl adjacent to an activating group) is 1. The maximum atomic E-state index is 12.7. The first kappa shape index (κ1) is 15.1. The van der Waals surface area contributed by atoms with Crippen molar-refractivity contribution in [1.29, 1.82) is 0 Å². The highest BCUT2D eigenvalue weighted by molar-refractivity contribution is 5.83. The van der Waals surface area contributed by atoms with Gasteiger partial charge >= 0.3 is 12.0 Å². The molecule has 0 spiro atoms. The maximum absolute atomic E-state index is 12.7. The number of hydrogen-bond donors (Lipinski definition) is 1. The molecule has 20 heavy (non-hydrogen) atoms. The topological polar surface area (TPSA) is 64.1 Å². The first-order chi connectivity index (χ1) is 9.40. The second kappa shape index (κ2) is 5.99. The minimum Gasteiger partial charge on any atom is -0.480 e. The Kier molecular flexibility index (Phi) is 4.52. The van der Waals surface area contributed by atoms with Crippen LogP contribution < -0.4 is 0 Å². The van der Waals surface area contributed by atoms with Crippen LogP contribution in [0, 0.1) is 5.92 Å². The fourth-order valence-corrected chi connectivity index (χ4v) is 3.19. The number of amides is 2. The van der Waals surface area contributed by atoms with Gasteiger partial charge in [-0.15, -0.1) is 0 Å². The van der Waals surface area contributed by atoms with Crippen molar-refractivity contribution in [2.75, 3.05) is 33.2 Å². The molecule has 2 saturated heterocycles. The normalized spacial score (nSPS) is 32.2. The van der Waals surface area contributed by atoms with Crippen LogP contribution in [0.5, 0.6) is 0 Å². The van der Waals surface area contributed by atoms with Crippen molar-refractivity contribution in [3.8, 4) is 0 Å². The van der Waals surface area contributed by atoms with Crippen LogP contribution in [0.25, 0.3) is 0 Å². The molecule has 3 unspecified atom stereocenters. The van der Waals surface area contributed by atoms with Gasteiger partial charge in [0.15, 0.2) is 0 Å². The zero-order chi connectivity index (χ0) is 14.9. The van der Waals surface area contributed by atoms with E-state index in [9.17, 15) is 14.7 Å². The molecular formula is C14H25N3O3. The Balaban J connectivity index is 2.08. The van der Waals surface area contributed by atoms with Crippen LogP contribution in [0.2, 0.25) is 0 Å². The summed E-state index contributed by atoms with van der Waals surface area (Å²) < 4.78 is 0. The Morgan fingerprint density at radius 3 is 2.40 bits per heavy atom. The van der Waals surface area contributed by atoms with Gasteiger partial charge in [0, 0.05) is 32.2 Å². The fraction of sp³-hybridized carbons (Fsp3) is 0.857. The number of carbonyl (C=O) groups is 2. The van der Waals surface area contributed by atoms with Crippen molar-refractivity contribution in [3.05, 3.63) is 0 Å². The summed E-state index contributed by atoms with van der Waals surface area (Å²) in [6, 6.07) is -0.641. The summed E-state index contributed by atoms with van der Waals surface area (Å²) in [5, 5.41) is 9.36. The maximum Gasteiger partial charge on any atom is 0.326 e. The zero-order valence-corrected chi connectivity index (χ0v) is 12.6. The number of piperazine rings is 1. The Bertz CT molecular complexity index is 388. The Hall–Kier alpha value is -1.30. The predicted octanol–water partition coefficient (Wildman–Crippen LogP) is 0.927. The van der Waals surface area contributed by atoms with Gasteiger partial charge in [0.2, 0.25) is 0 Å². The summed E-state index contributed by atoms with van der Waals surface area (Å²) in [4.78, 5) is 29.7. The van der Waals surface area contributed by atoms with Crippen molar-refractivity contribution in [3.63, 3.8) is 0 Å². The van der Waals surface area contributed by atoms with Crippen molar-refractivity contribution < 1.29 is 14.7 Å². The first-order valence-electron chi connectivity index (χ1n) is 7.38. The molecule has 0 saturated carbocycles. The van der Waals surface area contributed by atoms with Gasteiger partial charge < -0.3 is 19.8 Å². The highest BCUT2D eigenvalue weighted by atomic mass is 16.4. The van der Waals surface area contributed by atoms with E-state index in [2.05, 4.69) is 11.8 Å². The molecular weight excluding hydrogens is 258 g/mol. The Morgan fingerprint density at radius 1 is 1.10 bits per heavy atom. The van der Waals surface area contributed by atoms with Crippen LogP contribution in [-0.2, 0) is 4.79 Å². The Morgan fingerprint density at radius 2 is 1.80 bits per heavy atom. The molecule has 0 aromatic rings. The molecule has 0 aromatic heterocycles. The molecule has 114 valence electrons. The quantitative estimate of drug-likeness (QED) is 0.777. The number of nitrogens with zero attached hydrogens (tertiary/aromatic N) is 3. The summed E-state index contributed by atoms with van der Waals surface area (Å²) in [7, 11) is 2.04. The summed E-state index contributed by atoms with van der Waals surface area (Å²) in [6.45, 7) is 6.99. The number of carbonyl (C=O) groups excluding carboxylic acids is 1. The third-order valence-corrected chi connectivity index (χ3v) is 4.47. The summed E-state index contributed by atoms with van der Waals surface area (Å²) in [5.41, 5.74) is 0. The number of likely N-dealkylation sites (tertiary alicyclic amines) is 1. The summed E-state index contributed by atoms with van der Waals surface area (Å²) >= 11 is 0. The standard InChI is InChI=1S/C14H25N3O3/c1-10-4-5-17(12(8-10)13(18)19)14(20)16-7-6-15(3)9-11(16)2/h10-12H,4-9H2,1-3H3,(H,18,19). The van der Waals surface area contributed by atoms with E-state index in [4.69, 9.17) is 0 Å². The molecule has 2 heterocycles. The van der Waals surface area contributed by atoms with E-state index in [0.717, 1.165) is 19.5 Å². The van der Waals surface area contributed by atoms with Gasteiger partial charge in [0.05, 0.1) is 0 Å². The van der Waals surface area contributed by atoms with E-state index < -0.39 is 12.0 Å². The van der Waals surface area contributed by atoms with Crippen LogP contribution in [0.15, 0.2) is 0 Å². The highest BCUT2D eigenvalue weighted by Crippen LogP contribution is 2.25. The lowest BCUT2D eigenvalue weighted by Crippen LogP contribution is -2.60. The minimum atomic E-state index is -0.883. The highest BCUT2D eigenvalue weighted by Gasteiger charge is 2.38. The fourth-order valence-electron chi connectivity index (χ4n) is 3.19. The largest absolute Gasteiger partial charge is 0.480 e. The van der Waals surface area contributed by atoms with Gasteiger partial charge in [0.25, 0.3) is 0 Å². The molecule has 2 fully saturated rings. The lowest BCUT2D eigenvalue weighted by atomic mass is 9.92. The molecule has 6 heteroatoms. The minimum absolute atomic E-state index is 0.107. The van der Waals surface area contributed by atoms with E-state index >= 15 is 0 Å². The van der Waals surface area contributed by atoms with Gasteiger partial charge in [-0.05, 0) is 32.7 Å². The van der Waals surface area contributed by atoms with Crippen LogP contribution in [0.4, 0.5) is 4.79 Å². The van der Waals surface area contributed by atoms with Crippen LogP contribution >= 0.6 is 0 Å². The third kappa shape index (κ3) is 3.06. The lowest BCUT2D eigenvalue weighted by Gasteiger charge is -2.44. The summed E-state index contributed by atoms with van der Waals surface area (Å²) in [5.74, 6) is -0.517. The SMILES string of the molecule is CC1CCN(C(=O)N2CCN(C)CC2C)C(C(=O)O)C1. The molecule has 6 nitrogen and oxygen atoms in total. The van der Waals surface area contributed by atoms with E-state index in [1.807, 2.05) is 18.9 Å². The number of carboxylic acid groups (broad SMARTS) is 1. The van der Waals surface area contributed by atoms with Crippen LogP contribution in [-0.4, -0.2) is 77.1 Å². The number of hydrogen-bond acceptors (Lipinski definition) is 3. The second-order valence-corrected chi connectivity index (χ2v) is 6.26. The van der Waals surface area contributed by atoms with Crippen molar-refractivity contribution in [2.45, 2.75) is 38.8 Å². The van der Waals surface area contributed by atoms with E-state index in [0.29, 0.717) is 25.4 Å². The first-order valence-corrected chi connectivity index (χ1v) is 7.38. The number of carboxylic acids is 1. The molecule has 0 bridgehead atoms. The molecule has 1 N–H and O–H groups in total. The van der Waals surface area contributed by atoms with Gasteiger partial charge in [0.1, 0.15) is 6.04 Å². The van der Waals surface area contributed by atoms with Crippen molar-refractivity contribution in [1.82, 2.24) is 14.7 Å². The predicted molar refractivity (Wildman–Crippen MR) is 75.6 cm³/mol. The van der Waals surface area contributed by atoms with Crippen LogP contribution in [0.1, 0.15) is 26.7 Å². The van der Waals surface area contributed by atoms with Gasteiger partial charge in [-0.2, -0.15) is 0 Å². The Labute approximate surface area is 120 Å². The molecule has 3 atom stereocenters. The van der Waals surface area contributed by atoms with Crippen molar-refractivity contribution in [2.24, 2.45) is 5.92 Å². The average Bonchev–Trinajstić information content (AvgIpc) is 2.37. The summed E-state index contributed by atoms with van der Waals surface area (Å²) in [6.07, 6.45) is 1.45. The van der Waals surface area contributed by atoms with Gasteiger partial charge in [-0.3, -0.25) is 0 Å². The third-order valence-electron chi connectivity index (χ3n) is 4.47. The number of rotatable bonds is 1. The number of urea groups is 1. The van der Waals surface area contributed by atoms with E-state index in [1.165, 1.54) is 0 Å². The molecule has 0 aliphatic carbocycles. The molecule has 2 aliphatic heterocycles. The monoisotopic (exact) mass is 283 g/mol. The molecule has 0 aromatic carbocycles.